The molecule has 0 bridgehead atoms. The van der Waals surface area contributed by atoms with Gasteiger partial charge in [0.05, 0.1) is 6.04 Å². The van der Waals surface area contributed by atoms with Crippen LogP contribution in [-0.2, 0) is 11.2 Å². The van der Waals surface area contributed by atoms with Crippen LogP contribution in [0.1, 0.15) is 12.0 Å². The van der Waals surface area contributed by atoms with Gasteiger partial charge in [0.2, 0.25) is 0 Å². The van der Waals surface area contributed by atoms with E-state index in [1.165, 1.54) is 0 Å². The first-order valence-electron chi connectivity index (χ1n) is 5.87. The SMILES string of the molecule is C=CCc1ccccc1O[C@H]1CN[C@H](C=O)C1. The van der Waals surface area contributed by atoms with E-state index in [0.29, 0.717) is 0 Å². The molecular formula is C14H17NO2. The second-order valence-corrected chi connectivity index (χ2v) is 4.23. The summed E-state index contributed by atoms with van der Waals surface area (Å²) >= 11 is 0. The van der Waals surface area contributed by atoms with Gasteiger partial charge in [-0.05, 0) is 18.1 Å². The van der Waals surface area contributed by atoms with Crippen molar-refractivity contribution in [3.63, 3.8) is 0 Å². The minimum Gasteiger partial charge on any atom is -0.489 e. The minimum absolute atomic E-state index is 0.0634. The molecule has 1 aromatic rings. The van der Waals surface area contributed by atoms with Crippen LogP contribution in [-0.4, -0.2) is 25.0 Å². The fourth-order valence-electron chi connectivity index (χ4n) is 2.05. The van der Waals surface area contributed by atoms with E-state index in [1.54, 1.807) is 0 Å². The van der Waals surface area contributed by atoms with E-state index >= 15 is 0 Å². The van der Waals surface area contributed by atoms with Crippen molar-refractivity contribution in [3.8, 4) is 5.75 Å². The van der Waals surface area contributed by atoms with Crippen molar-refractivity contribution in [2.45, 2.75) is 25.0 Å². The summed E-state index contributed by atoms with van der Waals surface area (Å²) in [4.78, 5) is 10.6. The molecule has 1 aliphatic heterocycles. The van der Waals surface area contributed by atoms with Crippen LogP contribution in [0.15, 0.2) is 36.9 Å². The van der Waals surface area contributed by atoms with Gasteiger partial charge in [-0.1, -0.05) is 24.3 Å². The molecule has 0 spiro atoms. The number of benzene rings is 1. The standard InChI is InChI=1S/C14H17NO2/c1-2-5-11-6-3-4-7-14(11)17-13-8-12(10-16)15-9-13/h2-4,6-7,10,12-13,15H,1,5,8-9H2/t12-,13+/m0/s1. The molecule has 0 saturated carbocycles. The Morgan fingerprint density at radius 2 is 2.29 bits per heavy atom. The van der Waals surface area contributed by atoms with E-state index in [2.05, 4.69) is 11.9 Å². The molecule has 0 unspecified atom stereocenters. The summed E-state index contributed by atoms with van der Waals surface area (Å²) in [5.74, 6) is 0.894. The van der Waals surface area contributed by atoms with Gasteiger partial charge in [-0.15, -0.1) is 6.58 Å². The molecule has 0 aliphatic carbocycles. The molecule has 0 amide bonds. The summed E-state index contributed by atoms with van der Waals surface area (Å²) in [7, 11) is 0. The van der Waals surface area contributed by atoms with Gasteiger partial charge in [0.1, 0.15) is 18.1 Å². The highest BCUT2D eigenvalue weighted by Gasteiger charge is 2.25. The monoisotopic (exact) mass is 231 g/mol. The number of allylic oxidation sites excluding steroid dienone is 1. The predicted molar refractivity (Wildman–Crippen MR) is 67.2 cm³/mol. The molecule has 17 heavy (non-hydrogen) atoms. The Labute approximate surface area is 101 Å². The van der Waals surface area contributed by atoms with Crippen molar-refractivity contribution in [1.29, 1.82) is 0 Å². The lowest BCUT2D eigenvalue weighted by molar-refractivity contribution is -0.109. The summed E-state index contributed by atoms with van der Waals surface area (Å²) in [5, 5.41) is 3.11. The number of aldehydes is 1. The van der Waals surface area contributed by atoms with E-state index in [9.17, 15) is 4.79 Å². The van der Waals surface area contributed by atoms with Crippen LogP contribution in [0.2, 0.25) is 0 Å². The summed E-state index contributed by atoms with van der Waals surface area (Å²) in [6.07, 6.45) is 4.43. The zero-order chi connectivity index (χ0) is 12.1. The molecule has 2 rings (SSSR count). The maximum atomic E-state index is 10.6. The molecule has 90 valence electrons. The lowest BCUT2D eigenvalue weighted by Gasteiger charge is -2.15. The highest BCUT2D eigenvalue weighted by Crippen LogP contribution is 2.22. The highest BCUT2D eigenvalue weighted by molar-refractivity contribution is 5.58. The Morgan fingerprint density at radius 3 is 3.00 bits per heavy atom. The number of nitrogens with one attached hydrogen (secondary N) is 1. The molecule has 2 atom stereocenters. The fourth-order valence-corrected chi connectivity index (χ4v) is 2.05. The van der Waals surface area contributed by atoms with E-state index in [1.807, 2.05) is 30.3 Å². The Kier molecular flexibility index (Phi) is 3.94. The number of carbonyl (C=O) groups is 1. The Hall–Kier alpha value is -1.61. The van der Waals surface area contributed by atoms with Crippen molar-refractivity contribution in [2.75, 3.05) is 6.54 Å². The van der Waals surface area contributed by atoms with Crippen LogP contribution in [0, 0.1) is 0 Å². The lowest BCUT2D eigenvalue weighted by atomic mass is 10.1. The summed E-state index contributed by atoms with van der Waals surface area (Å²) in [5.41, 5.74) is 1.14. The van der Waals surface area contributed by atoms with Crippen molar-refractivity contribution in [1.82, 2.24) is 5.32 Å². The normalized spacial score (nSPS) is 23.3. The number of ether oxygens (including phenoxy) is 1. The van der Waals surface area contributed by atoms with Crippen LogP contribution >= 0.6 is 0 Å². The molecule has 0 aromatic heterocycles. The van der Waals surface area contributed by atoms with E-state index in [-0.39, 0.29) is 12.1 Å². The Balaban J connectivity index is 2.03. The van der Waals surface area contributed by atoms with Crippen molar-refractivity contribution in [3.05, 3.63) is 42.5 Å². The molecule has 1 aromatic carbocycles. The zero-order valence-electron chi connectivity index (χ0n) is 9.76. The molecule has 1 aliphatic rings. The lowest BCUT2D eigenvalue weighted by Crippen LogP contribution is -2.23. The van der Waals surface area contributed by atoms with Gasteiger partial charge in [0, 0.05) is 13.0 Å². The fraction of sp³-hybridized carbons (Fsp3) is 0.357. The molecule has 3 heteroatoms. The molecule has 1 N–H and O–H groups in total. The molecule has 1 heterocycles. The third-order valence-corrected chi connectivity index (χ3v) is 2.92. The van der Waals surface area contributed by atoms with Gasteiger partial charge in [0.15, 0.2) is 0 Å². The van der Waals surface area contributed by atoms with Gasteiger partial charge in [-0.3, -0.25) is 0 Å². The van der Waals surface area contributed by atoms with Gasteiger partial charge in [0.25, 0.3) is 0 Å². The highest BCUT2D eigenvalue weighted by atomic mass is 16.5. The first-order valence-corrected chi connectivity index (χ1v) is 5.87. The average Bonchev–Trinajstić information content (AvgIpc) is 2.80. The zero-order valence-corrected chi connectivity index (χ0v) is 9.76. The number of hydrogen-bond acceptors (Lipinski definition) is 3. The third kappa shape index (κ3) is 2.94. The van der Waals surface area contributed by atoms with Crippen molar-refractivity contribution < 1.29 is 9.53 Å². The Morgan fingerprint density at radius 1 is 1.47 bits per heavy atom. The van der Waals surface area contributed by atoms with E-state index in [4.69, 9.17) is 4.74 Å². The summed E-state index contributed by atoms with van der Waals surface area (Å²) < 4.78 is 5.92. The van der Waals surface area contributed by atoms with E-state index < -0.39 is 0 Å². The molecule has 1 saturated heterocycles. The number of rotatable bonds is 5. The molecule has 1 fully saturated rings. The Bertz CT molecular complexity index is 403. The van der Waals surface area contributed by atoms with Crippen molar-refractivity contribution >= 4 is 6.29 Å². The number of hydrogen-bond donors (Lipinski definition) is 1. The topological polar surface area (TPSA) is 38.3 Å². The summed E-state index contributed by atoms with van der Waals surface area (Å²) in [6.45, 7) is 4.47. The van der Waals surface area contributed by atoms with Crippen molar-refractivity contribution in [2.24, 2.45) is 0 Å². The van der Waals surface area contributed by atoms with Crippen LogP contribution in [0.5, 0.6) is 5.75 Å². The maximum absolute atomic E-state index is 10.6. The van der Waals surface area contributed by atoms with E-state index in [0.717, 1.165) is 37.0 Å². The first-order chi connectivity index (χ1) is 8.33. The second-order valence-electron chi connectivity index (χ2n) is 4.23. The van der Waals surface area contributed by atoms with Crippen LogP contribution in [0.25, 0.3) is 0 Å². The van der Waals surface area contributed by atoms with Crippen LogP contribution < -0.4 is 10.1 Å². The van der Waals surface area contributed by atoms with Gasteiger partial charge in [-0.2, -0.15) is 0 Å². The quantitative estimate of drug-likeness (QED) is 0.619. The average molecular weight is 231 g/mol. The number of carbonyl (C=O) groups excluding carboxylic acids is 1. The van der Waals surface area contributed by atoms with Gasteiger partial charge >= 0.3 is 0 Å². The number of para-hydroxylation sites is 1. The second kappa shape index (κ2) is 5.64. The molecule has 3 nitrogen and oxygen atoms in total. The smallest absolute Gasteiger partial charge is 0.137 e. The predicted octanol–water partition coefficient (Wildman–Crippen LogP) is 1.72. The maximum Gasteiger partial charge on any atom is 0.137 e. The third-order valence-electron chi connectivity index (χ3n) is 2.92. The molecular weight excluding hydrogens is 214 g/mol. The van der Waals surface area contributed by atoms with Crippen LogP contribution in [0.4, 0.5) is 0 Å². The van der Waals surface area contributed by atoms with Gasteiger partial charge < -0.3 is 14.8 Å². The molecule has 0 radical (unpaired) electrons. The van der Waals surface area contributed by atoms with Gasteiger partial charge in [-0.25, -0.2) is 0 Å². The minimum atomic E-state index is -0.0634. The largest absolute Gasteiger partial charge is 0.489 e. The first kappa shape index (κ1) is 11.9. The summed E-state index contributed by atoms with van der Waals surface area (Å²) in [6, 6.07) is 7.89. The van der Waals surface area contributed by atoms with Crippen LogP contribution in [0.3, 0.4) is 0 Å².